The average molecular weight is 300 g/mol. The van der Waals surface area contributed by atoms with Crippen LogP contribution in [0.1, 0.15) is 34.8 Å². The van der Waals surface area contributed by atoms with Crippen LogP contribution < -0.4 is 0 Å². The van der Waals surface area contributed by atoms with Gasteiger partial charge in [0, 0.05) is 0 Å². The molecular weight excluding hydrogens is 291 g/mol. The fourth-order valence-corrected chi connectivity index (χ4v) is 2.59. The van der Waals surface area contributed by atoms with Gasteiger partial charge in [-0.25, -0.2) is 4.52 Å². The fourth-order valence-electron chi connectivity index (χ4n) is 1.84. The standard InChI is InChI=1S/C11H8BrClN2O/c12-10-4-7(6-1-2-6)3-9-11(13)8(5-16)14-15(9)10/h3-6H,1-2H2. The Morgan fingerprint density at radius 2 is 2.25 bits per heavy atom. The van der Waals surface area contributed by atoms with Gasteiger partial charge in [-0.1, -0.05) is 11.6 Å². The minimum absolute atomic E-state index is 0.287. The third kappa shape index (κ3) is 1.48. The highest BCUT2D eigenvalue weighted by atomic mass is 79.9. The second-order valence-electron chi connectivity index (χ2n) is 4.00. The second-order valence-corrected chi connectivity index (χ2v) is 5.19. The number of carbonyl (C=O) groups is 1. The summed E-state index contributed by atoms with van der Waals surface area (Å²) in [5.41, 5.74) is 2.34. The Balaban J connectivity index is 2.31. The van der Waals surface area contributed by atoms with E-state index in [0.717, 1.165) is 10.1 Å². The Morgan fingerprint density at radius 1 is 1.50 bits per heavy atom. The highest BCUT2D eigenvalue weighted by Gasteiger charge is 2.25. The maximum atomic E-state index is 10.8. The van der Waals surface area contributed by atoms with Gasteiger partial charge in [-0.2, -0.15) is 5.10 Å². The zero-order valence-electron chi connectivity index (χ0n) is 8.28. The number of hydrogen-bond acceptors (Lipinski definition) is 2. The Hall–Kier alpha value is -0.870. The van der Waals surface area contributed by atoms with Crippen molar-refractivity contribution >= 4 is 39.3 Å². The van der Waals surface area contributed by atoms with Crippen LogP contribution in [0.2, 0.25) is 5.02 Å². The van der Waals surface area contributed by atoms with Gasteiger partial charge >= 0.3 is 0 Å². The van der Waals surface area contributed by atoms with E-state index >= 15 is 0 Å². The number of pyridine rings is 1. The van der Waals surface area contributed by atoms with Crippen molar-refractivity contribution in [3.63, 3.8) is 0 Å². The summed E-state index contributed by atoms with van der Waals surface area (Å²) in [6, 6.07) is 4.06. The maximum absolute atomic E-state index is 10.8. The molecule has 1 saturated carbocycles. The Labute approximate surface area is 106 Å². The predicted octanol–water partition coefficient (Wildman–Crippen LogP) is 3.44. The van der Waals surface area contributed by atoms with Crippen LogP contribution in [0.3, 0.4) is 0 Å². The molecule has 0 atom stereocenters. The summed E-state index contributed by atoms with van der Waals surface area (Å²) in [7, 11) is 0. The lowest BCUT2D eigenvalue weighted by Gasteiger charge is -2.02. The molecule has 2 aromatic heterocycles. The molecule has 82 valence electrons. The molecule has 1 aliphatic carbocycles. The maximum Gasteiger partial charge on any atom is 0.171 e. The number of rotatable bonds is 2. The third-order valence-electron chi connectivity index (χ3n) is 2.84. The molecule has 3 rings (SSSR count). The number of aldehydes is 1. The molecule has 1 fully saturated rings. The van der Waals surface area contributed by atoms with Crippen LogP contribution in [-0.4, -0.2) is 15.9 Å². The normalized spacial score (nSPS) is 15.6. The van der Waals surface area contributed by atoms with E-state index in [0.29, 0.717) is 17.2 Å². The van der Waals surface area contributed by atoms with Crippen molar-refractivity contribution in [1.29, 1.82) is 0 Å². The zero-order chi connectivity index (χ0) is 11.3. The topological polar surface area (TPSA) is 34.4 Å². The molecule has 0 bridgehead atoms. The van der Waals surface area contributed by atoms with E-state index in [2.05, 4.69) is 21.0 Å². The molecule has 5 heteroatoms. The molecule has 16 heavy (non-hydrogen) atoms. The second kappa shape index (κ2) is 3.57. The van der Waals surface area contributed by atoms with Gasteiger partial charge in [0.25, 0.3) is 0 Å². The molecule has 0 aromatic carbocycles. The van der Waals surface area contributed by atoms with Crippen molar-refractivity contribution in [1.82, 2.24) is 9.61 Å². The highest BCUT2D eigenvalue weighted by molar-refractivity contribution is 9.10. The van der Waals surface area contributed by atoms with Crippen LogP contribution in [0.15, 0.2) is 16.7 Å². The summed E-state index contributed by atoms with van der Waals surface area (Å²) < 4.78 is 2.49. The van der Waals surface area contributed by atoms with Gasteiger partial charge < -0.3 is 0 Å². The van der Waals surface area contributed by atoms with Crippen LogP contribution in [0, 0.1) is 0 Å². The first-order valence-electron chi connectivity index (χ1n) is 5.03. The van der Waals surface area contributed by atoms with E-state index in [9.17, 15) is 4.79 Å². The van der Waals surface area contributed by atoms with E-state index in [1.807, 2.05) is 12.1 Å². The van der Waals surface area contributed by atoms with Gasteiger partial charge in [-0.3, -0.25) is 4.79 Å². The number of hydrogen-bond donors (Lipinski definition) is 0. The van der Waals surface area contributed by atoms with Crippen molar-refractivity contribution < 1.29 is 4.79 Å². The van der Waals surface area contributed by atoms with Crippen LogP contribution in [0.5, 0.6) is 0 Å². The smallest absolute Gasteiger partial charge is 0.171 e. The molecule has 0 spiro atoms. The molecule has 0 N–H and O–H groups in total. The first kappa shape index (κ1) is 10.3. The van der Waals surface area contributed by atoms with Crippen LogP contribution in [0.4, 0.5) is 0 Å². The summed E-state index contributed by atoms with van der Waals surface area (Å²) in [4.78, 5) is 10.8. The molecule has 1 aliphatic rings. The number of carbonyl (C=O) groups excluding carboxylic acids is 1. The quantitative estimate of drug-likeness (QED) is 0.629. The van der Waals surface area contributed by atoms with Crippen molar-refractivity contribution in [2.45, 2.75) is 18.8 Å². The van der Waals surface area contributed by atoms with Gasteiger partial charge in [0.1, 0.15) is 10.3 Å². The average Bonchev–Trinajstić information content (AvgIpc) is 3.06. The molecule has 0 aliphatic heterocycles. The Morgan fingerprint density at radius 3 is 2.88 bits per heavy atom. The molecule has 0 unspecified atom stereocenters. The SMILES string of the molecule is O=Cc1nn2c(Br)cc(C3CC3)cc2c1Cl. The Kier molecular flexibility index (Phi) is 2.30. The van der Waals surface area contributed by atoms with Crippen LogP contribution >= 0.6 is 27.5 Å². The van der Waals surface area contributed by atoms with Gasteiger partial charge in [0.05, 0.1) is 10.5 Å². The minimum Gasteiger partial charge on any atom is -0.296 e. The van der Waals surface area contributed by atoms with Crippen LogP contribution in [0.25, 0.3) is 5.52 Å². The molecule has 3 nitrogen and oxygen atoms in total. The summed E-state index contributed by atoms with van der Waals surface area (Å²) in [5, 5.41) is 4.55. The zero-order valence-corrected chi connectivity index (χ0v) is 10.6. The van der Waals surface area contributed by atoms with E-state index in [1.165, 1.54) is 18.4 Å². The fraction of sp³-hybridized carbons (Fsp3) is 0.273. The Bertz CT molecular complexity index is 589. The van der Waals surface area contributed by atoms with Crippen molar-refractivity contribution in [3.8, 4) is 0 Å². The van der Waals surface area contributed by atoms with Gasteiger partial charge in [-0.05, 0) is 52.4 Å². The van der Waals surface area contributed by atoms with Gasteiger partial charge in [0.15, 0.2) is 6.29 Å². The number of nitrogens with zero attached hydrogens (tertiary/aromatic N) is 2. The first-order valence-corrected chi connectivity index (χ1v) is 6.20. The van der Waals surface area contributed by atoms with Crippen molar-refractivity contribution in [3.05, 3.63) is 33.0 Å². The largest absolute Gasteiger partial charge is 0.296 e. The minimum atomic E-state index is 0.287. The van der Waals surface area contributed by atoms with E-state index in [-0.39, 0.29) is 5.69 Å². The lowest BCUT2D eigenvalue weighted by molar-refractivity contribution is 0.111. The van der Waals surface area contributed by atoms with E-state index in [1.54, 1.807) is 4.52 Å². The number of fused-ring (bicyclic) bond motifs is 1. The highest BCUT2D eigenvalue weighted by Crippen LogP contribution is 2.42. The first-order chi connectivity index (χ1) is 7.70. The molecule has 2 aromatic rings. The van der Waals surface area contributed by atoms with Gasteiger partial charge in [0.2, 0.25) is 0 Å². The summed E-state index contributed by atoms with van der Waals surface area (Å²) >= 11 is 9.54. The number of aromatic nitrogens is 2. The van der Waals surface area contributed by atoms with Crippen LogP contribution in [-0.2, 0) is 0 Å². The third-order valence-corrected chi connectivity index (χ3v) is 3.79. The molecule has 0 saturated heterocycles. The molecule has 0 radical (unpaired) electrons. The van der Waals surface area contributed by atoms with E-state index < -0.39 is 0 Å². The van der Waals surface area contributed by atoms with Crippen molar-refractivity contribution in [2.24, 2.45) is 0 Å². The monoisotopic (exact) mass is 298 g/mol. The number of halogens is 2. The van der Waals surface area contributed by atoms with E-state index in [4.69, 9.17) is 11.6 Å². The summed E-state index contributed by atoms with van der Waals surface area (Å²) in [5.74, 6) is 0.645. The summed E-state index contributed by atoms with van der Waals surface area (Å²) in [6.07, 6.45) is 3.14. The summed E-state index contributed by atoms with van der Waals surface area (Å²) in [6.45, 7) is 0. The predicted molar refractivity (Wildman–Crippen MR) is 65.3 cm³/mol. The van der Waals surface area contributed by atoms with Crippen molar-refractivity contribution in [2.75, 3.05) is 0 Å². The molecular formula is C11H8BrClN2O. The van der Waals surface area contributed by atoms with Gasteiger partial charge in [-0.15, -0.1) is 0 Å². The molecule has 0 amide bonds. The lowest BCUT2D eigenvalue weighted by Crippen LogP contribution is -1.92. The molecule has 2 heterocycles. The lowest BCUT2D eigenvalue weighted by atomic mass is 10.1.